The summed E-state index contributed by atoms with van der Waals surface area (Å²) in [4.78, 5) is 4.07. The molecule has 0 aliphatic rings. The van der Waals surface area contributed by atoms with Crippen LogP contribution in [0.1, 0.15) is 11.1 Å². The van der Waals surface area contributed by atoms with Gasteiger partial charge < -0.3 is 15.4 Å². The standard InChI is InChI=1S/C15H24FN3O3S.HI/c1-12-10-13(4-5-14(12)16)11-19-15(17-2)18-6-7-22-8-9-23(3,20)21;/h4-5,10H,6-9,11H2,1-3H3,(H2,17,18,19);1H. The van der Waals surface area contributed by atoms with Crippen molar-refractivity contribution in [2.24, 2.45) is 4.99 Å². The van der Waals surface area contributed by atoms with Gasteiger partial charge in [0, 0.05) is 26.4 Å². The van der Waals surface area contributed by atoms with Crippen molar-refractivity contribution in [1.29, 1.82) is 0 Å². The number of benzene rings is 1. The lowest BCUT2D eigenvalue weighted by molar-refractivity contribution is 0.154. The minimum atomic E-state index is -2.99. The lowest BCUT2D eigenvalue weighted by Crippen LogP contribution is -2.38. The molecule has 0 aliphatic heterocycles. The number of ether oxygens (including phenoxy) is 1. The predicted molar refractivity (Wildman–Crippen MR) is 105 cm³/mol. The van der Waals surface area contributed by atoms with Crippen molar-refractivity contribution < 1.29 is 17.5 Å². The second kappa shape index (κ2) is 11.6. The summed E-state index contributed by atoms with van der Waals surface area (Å²) in [6.45, 7) is 3.31. The third kappa shape index (κ3) is 10.0. The van der Waals surface area contributed by atoms with E-state index >= 15 is 0 Å². The van der Waals surface area contributed by atoms with Crippen LogP contribution in [0, 0.1) is 12.7 Å². The van der Waals surface area contributed by atoms with Crippen molar-refractivity contribution in [3.63, 3.8) is 0 Å². The SMILES string of the molecule is CN=C(NCCOCCS(C)(=O)=O)NCc1ccc(F)c(C)c1.I. The molecule has 0 unspecified atom stereocenters. The van der Waals surface area contributed by atoms with Gasteiger partial charge in [-0.05, 0) is 24.1 Å². The van der Waals surface area contributed by atoms with E-state index in [2.05, 4.69) is 15.6 Å². The maximum Gasteiger partial charge on any atom is 0.191 e. The molecule has 24 heavy (non-hydrogen) atoms. The van der Waals surface area contributed by atoms with Gasteiger partial charge in [0.05, 0.1) is 19.0 Å². The molecule has 1 aromatic rings. The minimum Gasteiger partial charge on any atom is -0.379 e. The van der Waals surface area contributed by atoms with Gasteiger partial charge in [0.25, 0.3) is 0 Å². The largest absolute Gasteiger partial charge is 0.379 e. The number of hydrogen-bond donors (Lipinski definition) is 2. The fraction of sp³-hybridized carbons (Fsp3) is 0.533. The molecule has 138 valence electrons. The molecule has 0 saturated heterocycles. The minimum absolute atomic E-state index is 0. The first-order chi connectivity index (χ1) is 10.8. The fourth-order valence-corrected chi connectivity index (χ4v) is 2.20. The average molecular weight is 473 g/mol. The summed E-state index contributed by atoms with van der Waals surface area (Å²) in [5.41, 5.74) is 1.56. The van der Waals surface area contributed by atoms with Crippen LogP contribution in [0.4, 0.5) is 4.39 Å². The van der Waals surface area contributed by atoms with Crippen LogP contribution in [-0.2, 0) is 21.1 Å². The maximum atomic E-state index is 13.2. The number of aryl methyl sites for hydroxylation is 1. The predicted octanol–water partition coefficient (Wildman–Crippen LogP) is 1.48. The van der Waals surface area contributed by atoms with Gasteiger partial charge in [0.1, 0.15) is 15.7 Å². The molecule has 0 saturated carbocycles. The summed E-state index contributed by atoms with van der Waals surface area (Å²) in [6, 6.07) is 4.94. The molecule has 0 amide bonds. The van der Waals surface area contributed by atoms with Gasteiger partial charge in [-0.15, -0.1) is 24.0 Å². The molecule has 0 heterocycles. The van der Waals surface area contributed by atoms with Crippen LogP contribution < -0.4 is 10.6 Å². The van der Waals surface area contributed by atoms with Crippen molar-refractivity contribution >= 4 is 39.8 Å². The molecular formula is C15H25FIN3O3S. The van der Waals surface area contributed by atoms with E-state index in [1.54, 1.807) is 26.1 Å². The van der Waals surface area contributed by atoms with E-state index in [1.165, 1.54) is 12.3 Å². The van der Waals surface area contributed by atoms with E-state index in [9.17, 15) is 12.8 Å². The number of aliphatic imine (C=N–C) groups is 1. The Balaban J connectivity index is 0.00000529. The number of guanidine groups is 1. The van der Waals surface area contributed by atoms with Crippen LogP contribution >= 0.6 is 24.0 Å². The monoisotopic (exact) mass is 473 g/mol. The zero-order chi connectivity index (χ0) is 17.3. The molecule has 0 radical (unpaired) electrons. The van der Waals surface area contributed by atoms with E-state index in [-0.39, 0.29) is 42.2 Å². The summed E-state index contributed by atoms with van der Waals surface area (Å²) in [6.07, 6.45) is 1.18. The molecule has 1 rings (SSSR count). The van der Waals surface area contributed by atoms with Crippen LogP contribution in [0.15, 0.2) is 23.2 Å². The Hall–Kier alpha value is -0.940. The van der Waals surface area contributed by atoms with E-state index in [1.807, 2.05) is 0 Å². The Morgan fingerprint density at radius 3 is 2.58 bits per heavy atom. The number of halogens is 2. The molecular weight excluding hydrogens is 448 g/mol. The second-order valence-corrected chi connectivity index (χ2v) is 7.44. The number of sulfone groups is 1. The lowest BCUT2D eigenvalue weighted by atomic mass is 10.1. The van der Waals surface area contributed by atoms with Crippen molar-refractivity contribution in [3.05, 3.63) is 35.1 Å². The van der Waals surface area contributed by atoms with Crippen LogP contribution in [0.5, 0.6) is 0 Å². The number of hydrogen-bond acceptors (Lipinski definition) is 4. The molecule has 2 N–H and O–H groups in total. The average Bonchev–Trinajstić information content (AvgIpc) is 2.48. The number of nitrogens with zero attached hydrogens (tertiary/aromatic N) is 1. The van der Waals surface area contributed by atoms with Crippen LogP contribution in [0.2, 0.25) is 0 Å². The topological polar surface area (TPSA) is 79.8 Å². The van der Waals surface area contributed by atoms with Crippen molar-refractivity contribution in [3.8, 4) is 0 Å². The Labute approximate surface area is 160 Å². The van der Waals surface area contributed by atoms with Gasteiger partial charge in [0.2, 0.25) is 0 Å². The van der Waals surface area contributed by atoms with Crippen LogP contribution in [0.25, 0.3) is 0 Å². The van der Waals surface area contributed by atoms with Gasteiger partial charge in [0.15, 0.2) is 5.96 Å². The van der Waals surface area contributed by atoms with Crippen molar-refractivity contribution in [1.82, 2.24) is 10.6 Å². The fourth-order valence-electron chi connectivity index (χ4n) is 1.78. The molecule has 6 nitrogen and oxygen atoms in total. The van der Waals surface area contributed by atoms with Crippen LogP contribution in [0.3, 0.4) is 0 Å². The summed E-state index contributed by atoms with van der Waals surface area (Å²) >= 11 is 0. The zero-order valence-corrected chi connectivity index (χ0v) is 17.3. The van der Waals surface area contributed by atoms with Gasteiger partial charge in [-0.2, -0.15) is 0 Å². The maximum absolute atomic E-state index is 13.2. The van der Waals surface area contributed by atoms with Gasteiger partial charge in [-0.1, -0.05) is 12.1 Å². The molecule has 9 heteroatoms. The van der Waals surface area contributed by atoms with E-state index in [4.69, 9.17) is 4.74 Å². The molecule has 0 spiro atoms. The van der Waals surface area contributed by atoms with E-state index in [0.717, 1.165) is 5.56 Å². The Morgan fingerprint density at radius 2 is 2.00 bits per heavy atom. The van der Waals surface area contributed by atoms with Crippen molar-refractivity contribution in [2.75, 3.05) is 38.8 Å². The summed E-state index contributed by atoms with van der Waals surface area (Å²) < 4.78 is 40.3. The molecule has 0 aromatic heterocycles. The summed E-state index contributed by atoms with van der Waals surface area (Å²) in [5, 5.41) is 6.17. The van der Waals surface area contributed by atoms with E-state index < -0.39 is 9.84 Å². The normalized spacial score (nSPS) is 11.8. The Morgan fingerprint density at radius 1 is 1.29 bits per heavy atom. The zero-order valence-electron chi connectivity index (χ0n) is 14.1. The first-order valence-corrected chi connectivity index (χ1v) is 9.33. The molecule has 0 atom stereocenters. The Bertz CT molecular complexity index is 639. The quantitative estimate of drug-likeness (QED) is 0.259. The molecule has 0 aliphatic carbocycles. The van der Waals surface area contributed by atoms with E-state index in [0.29, 0.717) is 31.2 Å². The first-order valence-electron chi connectivity index (χ1n) is 7.27. The highest BCUT2D eigenvalue weighted by Gasteiger charge is 2.03. The molecule has 0 fully saturated rings. The highest BCUT2D eigenvalue weighted by Crippen LogP contribution is 2.08. The van der Waals surface area contributed by atoms with Crippen LogP contribution in [-0.4, -0.2) is 53.2 Å². The molecule has 1 aromatic carbocycles. The molecule has 0 bridgehead atoms. The lowest BCUT2D eigenvalue weighted by Gasteiger charge is -2.12. The third-order valence-electron chi connectivity index (χ3n) is 3.04. The highest BCUT2D eigenvalue weighted by atomic mass is 127. The summed E-state index contributed by atoms with van der Waals surface area (Å²) in [5.74, 6) is 0.394. The van der Waals surface area contributed by atoms with Gasteiger partial charge >= 0.3 is 0 Å². The third-order valence-corrected chi connectivity index (χ3v) is 3.95. The number of rotatable bonds is 8. The van der Waals surface area contributed by atoms with Gasteiger partial charge in [-0.25, -0.2) is 12.8 Å². The highest BCUT2D eigenvalue weighted by molar-refractivity contribution is 14.0. The number of nitrogens with one attached hydrogen (secondary N) is 2. The van der Waals surface area contributed by atoms with Crippen molar-refractivity contribution in [2.45, 2.75) is 13.5 Å². The smallest absolute Gasteiger partial charge is 0.191 e. The first kappa shape index (κ1) is 23.1. The van der Waals surface area contributed by atoms with Gasteiger partial charge in [-0.3, -0.25) is 4.99 Å². The second-order valence-electron chi connectivity index (χ2n) is 5.18. The summed E-state index contributed by atoms with van der Waals surface area (Å²) in [7, 11) is -1.34. The Kier molecular flexibility index (Phi) is 11.1.